The van der Waals surface area contributed by atoms with Gasteiger partial charge in [0.1, 0.15) is 5.56 Å². The van der Waals surface area contributed by atoms with Crippen molar-refractivity contribution in [1.82, 2.24) is 0 Å². The molecule has 21 heavy (non-hydrogen) atoms. The molecule has 0 unspecified atom stereocenters. The number of rotatable bonds is 4. The minimum Gasteiger partial charge on any atom is -0.505 e. The van der Waals surface area contributed by atoms with E-state index in [0.717, 1.165) is 10.0 Å². The van der Waals surface area contributed by atoms with E-state index in [2.05, 4.69) is 21.2 Å². The summed E-state index contributed by atoms with van der Waals surface area (Å²) in [6.45, 7) is 0. The molecule has 5 nitrogen and oxygen atoms in total. The van der Waals surface area contributed by atoms with Crippen molar-refractivity contribution >= 4 is 33.5 Å². The second kappa shape index (κ2) is 6.41. The molecule has 108 valence electrons. The van der Waals surface area contributed by atoms with Crippen LogP contribution in [-0.4, -0.2) is 22.1 Å². The summed E-state index contributed by atoms with van der Waals surface area (Å²) >= 11 is 3.32. The molecule has 0 spiro atoms. The molecule has 0 heterocycles. The van der Waals surface area contributed by atoms with Crippen molar-refractivity contribution in [3.05, 3.63) is 58.1 Å². The molecule has 0 aliphatic rings. The topological polar surface area (TPSA) is 86.6 Å². The fourth-order valence-corrected chi connectivity index (χ4v) is 2.29. The Bertz CT molecular complexity index is 700. The number of anilines is 1. The highest BCUT2D eigenvalue weighted by atomic mass is 79.9. The fourth-order valence-electron chi connectivity index (χ4n) is 1.84. The van der Waals surface area contributed by atoms with Gasteiger partial charge in [0.25, 0.3) is 0 Å². The van der Waals surface area contributed by atoms with Crippen molar-refractivity contribution in [2.75, 3.05) is 5.32 Å². The number of carboxylic acids is 1. The van der Waals surface area contributed by atoms with Crippen molar-refractivity contribution in [1.29, 1.82) is 0 Å². The summed E-state index contributed by atoms with van der Waals surface area (Å²) in [5.41, 5.74) is 0.626. The number of carbonyl (C=O) groups excluding carboxylic acids is 1. The number of nitrogens with one attached hydrogen (secondary N) is 1. The van der Waals surface area contributed by atoms with Gasteiger partial charge in [0.15, 0.2) is 5.75 Å². The number of phenols is 1. The highest BCUT2D eigenvalue weighted by Crippen LogP contribution is 2.27. The lowest BCUT2D eigenvalue weighted by Gasteiger charge is -2.09. The van der Waals surface area contributed by atoms with E-state index >= 15 is 0 Å². The number of para-hydroxylation sites is 1. The molecule has 1 amide bonds. The highest BCUT2D eigenvalue weighted by Gasteiger charge is 2.14. The molecular weight excluding hydrogens is 338 g/mol. The SMILES string of the molecule is O=C(Cc1cccc(Br)c1)Nc1cccc(C(=O)O)c1O. The molecule has 0 aliphatic carbocycles. The van der Waals surface area contributed by atoms with Gasteiger partial charge in [-0.05, 0) is 29.8 Å². The Morgan fingerprint density at radius 3 is 2.52 bits per heavy atom. The van der Waals surface area contributed by atoms with Crippen molar-refractivity contribution < 1.29 is 19.8 Å². The second-order valence-corrected chi connectivity index (χ2v) is 5.28. The smallest absolute Gasteiger partial charge is 0.339 e. The van der Waals surface area contributed by atoms with E-state index in [0.29, 0.717) is 0 Å². The number of amides is 1. The van der Waals surface area contributed by atoms with Crippen LogP contribution in [0, 0.1) is 0 Å². The standard InChI is InChI=1S/C15H12BrNO4/c16-10-4-1-3-9(7-10)8-13(18)17-12-6-2-5-11(14(12)19)15(20)21/h1-7,19H,8H2,(H,17,18)(H,20,21). The van der Waals surface area contributed by atoms with Crippen LogP contribution in [0.3, 0.4) is 0 Å². The molecule has 0 radical (unpaired) electrons. The first kappa shape index (κ1) is 15.1. The van der Waals surface area contributed by atoms with Crippen LogP contribution in [0.5, 0.6) is 5.75 Å². The van der Waals surface area contributed by atoms with Gasteiger partial charge in [0, 0.05) is 4.47 Å². The summed E-state index contributed by atoms with van der Waals surface area (Å²) in [6, 6.07) is 11.4. The van der Waals surface area contributed by atoms with Crippen LogP contribution in [-0.2, 0) is 11.2 Å². The van der Waals surface area contributed by atoms with Crippen molar-refractivity contribution in [3.8, 4) is 5.75 Å². The van der Waals surface area contributed by atoms with Crippen LogP contribution in [0.15, 0.2) is 46.9 Å². The van der Waals surface area contributed by atoms with Crippen molar-refractivity contribution in [3.63, 3.8) is 0 Å². The number of halogens is 1. The van der Waals surface area contributed by atoms with Crippen LogP contribution in [0.2, 0.25) is 0 Å². The molecule has 0 aliphatic heterocycles. The zero-order valence-electron chi connectivity index (χ0n) is 10.8. The van der Waals surface area contributed by atoms with E-state index in [1.165, 1.54) is 18.2 Å². The lowest BCUT2D eigenvalue weighted by Crippen LogP contribution is -2.15. The normalized spacial score (nSPS) is 10.1. The van der Waals surface area contributed by atoms with Gasteiger partial charge in [-0.3, -0.25) is 4.79 Å². The van der Waals surface area contributed by atoms with Gasteiger partial charge in [-0.2, -0.15) is 0 Å². The molecule has 6 heteroatoms. The third-order valence-corrected chi connectivity index (χ3v) is 3.29. The third-order valence-electron chi connectivity index (χ3n) is 2.79. The van der Waals surface area contributed by atoms with E-state index < -0.39 is 11.7 Å². The van der Waals surface area contributed by atoms with Crippen LogP contribution >= 0.6 is 15.9 Å². The average Bonchev–Trinajstić information content (AvgIpc) is 2.40. The first-order valence-electron chi connectivity index (χ1n) is 6.07. The Morgan fingerprint density at radius 2 is 1.86 bits per heavy atom. The summed E-state index contributed by atoms with van der Waals surface area (Å²) in [5, 5.41) is 21.2. The average molecular weight is 350 g/mol. The maximum absolute atomic E-state index is 11.9. The van der Waals surface area contributed by atoms with Gasteiger partial charge >= 0.3 is 5.97 Å². The van der Waals surface area contributed by atoms with Crippen molar-refractivity contribution in [2.24, 2.45) is 0 Å². The lowest BCUT2D eigenvalue weighted by molar-refractivity contribution is -0.115. The molecule has 0 fully saturated rings. The first-order chi connectivity index (χ1) is 9.97. The largest absolute Gasteiger partial charge is 0.505 e. The predicted octanol–water partition coefficient (Wildman–Crippen LogP) is 3.03. The number of aromatic hydroxyl groups is 1. The minimum absolute atomic E-state index is 0.0786. The first-order valence-corrected chi connectivity index (χ1v) is 6.86. The molecule has 0 saturated carbocycles. The third kappa shape index (κ3) is 3.82. The number of aromatic carboxylic acids is 1. The molecule has 0 aromatic heterocycles. The number of carboxylic acid groups (broad SMARTS) is 1. The van der Waals surface area contributed by atoms with E-state index in [1.807, 2.05) is 18.2 Å². The number of hydrogen-bond donors (Lipinski definition) is 3. The molecule has 2 rings (SSSR count). The molecule has 0 saturated heterocycles. The maximum Gasteiger partial charge on any atom is 0.339 e. The van der Waals surface area contributed by atoms with Gasteiger partial charge in [-0.25, -0.2) is 4.79 Å². The zero-order valence-corrected chi connectivity index (χ0v) is 12.4. The summed E-state index contributed by atoms with van der Waals surface area (Å²) in [4.78, 5) is 22.9. The number of benzene rings is 2. The minimum atomic E-state index is -1.25. The summed E-state index contributed by atoms with van der Waals surface area (Å²) in [6.07, 6.45) is 0.121. The Labute approximate surface area is 129 Å². The van der Waals surface area contributed by atoms with E-state index in [-0.39, 0.29) is 23.6 Å². The van der Waals surface area contributed by atoms with Gasteiger partial charge in [0.2, 0.25) is 5.91 Å². The monoisotopic (exact) mass is 349 g/mol. The Kier molecular flexibility index (Phi) is 4.59. The van der Waals surface area contributed by atoms with Crippen molar-refractivity contribution in [2.45, 2.75) is 6.42 Å². The molecule has 3 N–H and O–H groups in total. The Morgan fingerprint density at radius 1 is 1.14 bits per heavy atom. The second-order valence-electron chi connectivity index (χ2n) is 4.36. The number of carbonyl (C=O) groups is 2. The lowest BCUT2D eigenvalue weighted by atomic mass is 10.1. The number of hydrogen-bond acceptors (Lipinski definition) is 3. The summed E-state index contributed by atoms with van der Waals surface area (Å²) < 4.78 is 0.864. The van der Waals surface area contributed by atoms with E-state index in [4.69, 9.17) is 5.11 Å². The summed E-state index contributed by atoms with van der Waals surface area (Å²) in [7, 11) is 0. The van der Waals surface area contributed by atoms with Gasteiger partial charge in [0.05, 0.1) is 12.1 Å². The summed E-state index contributed by atoms with van der Waals surface area (Å²) in [5.74, 6) is -2.05. The van der Waals surface area contributed by atoms with Crippen LogP contribution in [0.1, 0.15) is 15.9 Å². The molecular formula is C15H12BrNO4. The molecule has 2 aromatic rings. The fraction of sp³-hybridized carbons (Fsp3) is 0.0667. The maximum atomic E-state index is 11.9. The van der Waals surface area contributed by atoms with E-state index in [1.54, 1.807) is 6.07 Å². The predicted molar refractivity (Wildman–Crippen MR) is 81.5 cm³/mol. The quantitative estimate of drug-likeness (QED) is 0.740. The van der Waals surface area contributed by atoms with Gasteiger partial charge in [-0.1, -0.05) is 34.1 Å². The molecule has 0 atom stereocenters. The van der Waals surface area contributed by atoms with Gasteiger partial charge < -0.3 is 15.5 Å². The zero-order chi connectivity index (χ0) is 15.4. The molecule has 0 bridgehead atoms. The van der Waals surface area contributed by atoms with Gasteiger partial charge in [-0.15, -0.1) is 0 Å². The Hall–Kier alpha value is -2.34. The van der Waals surface area contributed by atoms with Crippen LogP contribution < -0.4 is 5.32 Å². The Balaban J connectivity index is 2.13. The van der Waals surface area contributed by atoms with Crippen LogP contribution in [0.25, 0.3) is 0 Å². The molecule has 2 aromatic carbocycles. The highest BCUT2D eigenvalue weighted by molar-refractivity contribution is 9.10. The van der Waals surface area contributed by atoms with Crippen LogP contribution in [0.4, 0.5) is 5.69 Å². The van der Waals surface area contributed by atoms with E-state index in [9.17, 15) is 14.7 Å².